The molecule has 0 aliphatic rings. The Balaban J connectivity index is 1.95. The molecule has 0 bridgehead atoms. The molecule has 0 amide bonds. The van der Waals surface area contributed by atoms with E-state index in [0.717, 1.165) is 5.69 Å². The van der Waals surface area contributed by atoms with Crippen molar-refractivity contribution in [3.63, 3.8) is 0 Å². The zero-order chi connectivity index (χ0) is 9.80. The van der Waals surface area contributed by atoms with Gasteiger partial charge in [-0.15, -0.1) is 5.10 Å². The highest BCUT2D eigenvalue weighted by Gasteiger charge is 1.96. The lowest BCUT2D eigenvalue weighted by Crippen LogP contribution is -2.08. The fourth-order valence-electron chi connectivity index (χ4n) is 0.970. The summed E-state index contributed by atoms with van der Waals surface area (Å²) in [4.78, 5) is 0.634. The van der Waals surface area contributed by atoms with Gasteiger partial charge in [-0.2, -0.15) is 0 Å². The Morgan fingerprint density at radius 3 is 2.57 bits per heavy atom. The van der Waals surface area contributed by atoms with Gasteiger partial charge in [0, 0.05) is 0 Å². The number of hydrogen-bond donors (Lipinski definition) is 3. The van der Waals surface area contributed by atoms with Gasteiger partial charge < -0.3 is 5.21 Å². The van der Waals surface area contributed by atoms with Crippen LogP contribution in [0.4, 0.5) is 11.5 Å². The number of benzene rings is 1. The van der Waals surface area contributed by atoms with Crippen molar-refractivity contribution < 1.29 is 5.21 Å². The predicted octanol–water partition coefficient (Wildman–Crippen LogP) is 0.954. The maximum absolute atomic E-state index is 8.83. The van der Waals surface area contributed by atoms with Gasteiger partial charge in [0.2, 0.25) is 0 Å². The number of nitrogens with zero attached hydrogens (tertiary/aromatic N) is 3. The topological polar surface area (TPSA) is 75.0 Å². The van der Waals surface area contributed by atoms with Crippen LogP contribution in [0.2, 0.25) is 0 Å². The molecule has 0 fully saturated rings. The third-order valence-electron chi connectivity index (χ3n) is 1.59. The molecule has 3 N–H and O–H groups in total. The number of anilines is 2. The molecule has 1 aromatic heterocycles. The molecule has 0 atom stereocenters. The van der Waals surface area contributed by atoms with Crippen LogP contribution in [0.5, 0.6) is 0 Å². The van der Waals surface area contributed by atoms with Crippen molar-refractivity contribution in [1.82, 2.24) is 15.2 Å². The lowest BCUT2D eigenvalue weighted by molar-refractivity contribution is 0.143. The lowest BCUT2D eigenvalue weighted by Gasteiger charge is -2.04. The van der Waals surface area contributed by atoms with Gasteiger partial charge in [0.05, 0.1) is 5.69 Å². The Morgan fingerprint density at radius 1 is 1.14 bits per heavy atom. The van der Waals surface area contributed by atoms with Crippen molar-refractivity contribution in [3.05, 3.63) is 36.5 Å². The molecule has 0 saturated heterocycles. The van der Waals surface area contributed by atoms with Crippen LogP contribution >= 0.6 is 0 Å². The van der Waals surface area contributed by atoms with Crippen LogP contribution in [0.15, 0.2) is 36.5 Å². The molecule has 2 rings (SSSR count). The van der Waals surface area contributed by atoms with Crippen molar-refractivity contribution in [3.8, 4) is 0 Å². The lowest BCUT2D eigenvalue weighted by atomic mass is 10.3. The van der Waals surface area contributed by atoms with E-state index in [1.165, 1.54) is 6.20 Å². The second-order valence-corrected chi connectivity index (χ2v) is 2.64. The van der Waals surface area contributed by atoms with E-state index >= 15 is 0 Å². The van der Waals surface area contributed by atoms with Gasteiger partial charge in [0.1, 0.15) is 6.20 Å². The van der Waals surface area contributed by atoms with E-state index in [4.69, 9.17) is 5.21 Å². The molecular weight excluding hydrogens is 182 g/mol. The Bertz CT molecular complexity index is 399. The molecule has 14 heavy (non-hydrogen) atoms. The number of para-hydroxylation sites is 1. The summed E-state index contributed by atoms with van der Waals surface area (Å²) < 4.78 is 0. The van der Waals surface area contributed by atoms with E-state index in [9.17, 15) is 0 Å². The van der Waals surface area contributed by atoms with E-state index in [-0.39, 0.29) is 0 Å². The maximum Gasteiger partial charge on any atom is 0.190 e. The second kappa shape index (κ2) is 3.65. The SMILES string of the molecule is On1cc(NNc2ccccc2)nn1. The summed E-state index contributed by atoms with van der Waals surface area (Å²) in [5, 5.41) is 15.8. The van der Waals surface area contributed by atoms with Gasteiger partial charge in [-0.1, -0.05) is 23.0 Å². The number of rotatable bonds is 3. The van der Waals surface area contributed by atoms with E-state index < -0.39 is 0 Å². The fourth-order valence-corrected chi connectivity index (χ4v) is 0.970. The number of nitrogens with one attached hydrogen (secondary N) is 2. The number of aromatic nitrogens is 3. The highest BCUT2D eigenvalue weighted by molar-refractivity contribution is 5.47. The van der Waals surface area contributed by atoms with E-state index in [1.54, 1.807) is 0 Å². The smallest absolute Gasteiger partial charge is 0.190 e. The molecule has 2 aromatic rings. The normalized spacial score (nSPS) is 9.71. The quantitative estimate of drug-likeness (QED) is 0.497. The van der Waals surface area contributed by atoms with Gasteiger partial charge in [0.15, 0.2) is 5.82 Å². The van der Waals surface area contributed by atoms with E-state index in [2.05, 4.69) is 21.2 Å². The molecule has 0 aliphatic heterocycles. The maximum atomic E-state index is 8.83. The predicted molar refractivity (Wildman–Crippen MR) is 50.9 cm³/mol. The number of hydrazine groups is 1. The van der Waals surface area contributed by atoms with Gasteiger partial charge >= 0.3 is 0 Å². The Morgan fingerprint density at radius 2 is 1.93 bits per heavy atom. The minimum absolute atomic E-state index is 0.441. The minimum atomic E-state index is 0.441. The van der Waals surface area contributed by atoms with Gasteiger partial charge in [-0.05, 0) is 17.3 Å². The second-order valence-electron chi connectivity index (χ2n) is 2.64. The standard InChI is InChI=1S/C8H9N5O/c14-13-6-8(11-12-13)10-9-7-4-2-1-3-5-7/h1-6,9-10,14H. The molecule has 6 heteroatoms. The average molecular weight is 191 g/mol. The summed E-state index contributed by atoms with van der Waals surface area (Å²) >= 11 is 0. The van der Waals surface area contributed by atoms with Crippen molar-refractivity contribution >= 4 is 11.5 Å². The van der Waals surface area contributed by atoms with Gasteiger partial charge in [-0.25, -0.2) is 0 Å². The third kappa shape index (κ3) is 1.92. The highest BCUT2D eigenvalue weighted by Crippen LogP contribution is 2.05. The highest BCUT2D eigenvalue weighted by atomic mass is 16.5. The first-order valence-corrected chi connectivity index (χ1v) is 4.03. The Kier molecular flexibility index (Phi) is 2.18. The average Bonchev–Trinajstić information content (AvgIpc) is 2.63. The van der Waals surface area contributed by atoms with Crippen LogP contribution in [-0.4, -0.2) is 20.4 Å². The molecule has 1 heterocycles. The molecule has 0 aliphatic carbocycles. The van der Waals surface area contributed by atoms with Crippen LogP contribution in [0.25, 0.3) is 0 Å². The summed E-state index contributed by atoms with van der Waals surface area (Å²) in [6, 6.07) is 9.54. The van der Waals surface area contributed by atoms with Crippen LogP contribution in [-0.2, 0) is 0 Å². The van der Waals surface area contributed by atoms with Gasteiger partial charge in [-0.3, -0.25) is 10.9 Å². The third-order valence-corrected chi connectivity index (χ3v) is 1.59. The first-order valence-electron chi connectivity index (χ1n) is 4.03. The van der Waals surface area contributed by atoms with E-state index in [0.29, 0.717) is 10.7 Å². The summed E-state index contributed by atoms with van der Waals surface area (Å²) in [5.74, 6) is 0.441. The summed E-state index contributed by atoms with van der Waals surface area (Å²) in [6.45, 7) is 0. The zero-order valence-corrected chi connectivity index (χ0v) is 7.25. The number of hydrogen-bond acceptors (Lipinski definition) is 5. The Labute approximate surface area is 80.1 Å². The summed E-state index contributed by atoms with van der Waals surface area (Å²) in [6.07, 6.45) is 1.34. The zero-order valence-electron chi connectivity index (χ0n) is 7.25. The van der Waals surface area contributed by atoms with Crippen molar-refractivity contribution in [2.75, 3.05) is 10.9 Å². The first-order chi connectivity index (χ1) is 6.84. The molecule has 0 unspecified atom stereocenters. The van der Waals surface area contributed by atoms with E-state index in [1.807, 2.05) is 30.3 Å². The van der Waals surface area contributed by atoms with Crippen LogP contribution in [0, 0.1) is 0 Å². The monoisotopic (exact) mass is 191 g/mol. The molecule has 72 valence electrons. The van der Waals surface area contributed by atoms with Crippen molar-refractivity contribution in [1.29, 1.82) is 0 Å². The fraction of sp³-hybridized carbons (Fsp3) is 0. The van der Waals surface area contributed by atoms with Crippen LogP contribution < -0.4 is 10.9 Å². The van der Waals surface area contributed by atoms with Crippen LogP contribution in [0.1, 0.15) is 0 Å². The first kappa shape index (κ1) is 8.36. The molecule has 1 aromatic carbocycles. The van der Waals surface area contributed by atoms with Crippen molar-refractivity contribution in [2.45, 2.75) is 0 Å². The molecular formula is C8H9N5O. The molecule has 6 nitrogen and oxygen atoms in total. The van der Waals surface area contributed by atoms with Crippen LogP contribution in [0.3, 0.4) is 0 Å². The minimum Gasteiger partial charge on any atom is -0.410 e. The molecule has 0 spiro atoms. The Hall–Kier alpha value is -2.24. The summed E-state index contributed by atoms with van der Waals surface area (Å²) in [7, 11) is 0. The van der Waals surface area contributed by atoms with Gasteiger partial charge in [0.25, 0.3) is 0 Å². The van der Waals surface area contributed by atoms with Crippen molar-refractivity contribution in [2.24, 2.45) is 0 Å². The molecule has 0 radical (unpaired) electrons. The summed E-state index contributed by atoms with van der Waals surface area (Å²) in [5.41, 5.74) is 6.58. The molecule has 0 saturated carbocycles. The largest absolute Gasteiger partial charge is 0.410 e.